The molecule has 1 aromatic carbocycles. The molecular weight excluding hydrogens is 358 g/mol. The zero-order valence-electron chi connectivity index (χ0n) is 10.0. The molecule has 102 valence electrons. The Morgan fingerprint density at radius 3 is 2.45 bits per heavy atom. The zero-order valence-corrected chi connectivity index (χ0v) is 13.9. The third kappa shape index (κ3) is 2.38. The summed E-state index contributed by atoms with van der Waals surface area (Å²) < 4.78 is 1.11. The van der Waals surface area contributed by atoms with Gasteiger partial charge in [0, 0.05) is 10.4 Å². The van der Waals surface area contributed by atoms with E-state index in [0.29, 0.717) is 35.8 Å². The van der Waals surface area contributed by atoms with Gasteiger partial charge in [-0.05, 0) is 30.7 Å². The van der Waals surface area contributed by atoms with Gasteiger partial charge in [-0.25, -0.2) is 9.97 Å². The van der Waals surface area contributed by atoms with E-state index < -0.39 is 0 Å². The monoisotopic (exact) mass is 362 g/mol. The molecule has 2 heterocycles. The standard InChI is InChI=1S/C13H6Cl4N2S/c1-5-8(14)3-2-6-10(5)18-13(19-11(6)16)7-4-9(15)20-12(7)17/h2-4H,1H3. The maximum Gasteiger partial charge on any atom is 0.163 e. The summed E-state index contributed by atoms with van der Waals surface area (Å²) in [5.41, 5.74) is 2.24. The van der Waals surface area contributed by atoms with Gasteiger partial charge in [-0.1, -0.05) is 46.4 Å². The fourth-order valence-corrected chi connectivity index (χ4v) is 3.72. The first-order chi connectivity index (χ1) is 9.47. The van der Waals surface area contributed by atoms with E-state index >= 15 is 0 Å². The zero-order chi connectivity index (χ0) is 14.4. The van der Waals surface area contributed by atoms with Crippen molar-refractivity contribution in [1.82, 2.24) is 9.97 Å². The summed E-state index contributed by atoms with van der Waals surface area (Å²) in [5, 5.41) is 1.76. The van der Waals surface area contributed by atoms with Gasteiger partial charge in [-0.3, -0.25) is 0 Å². The minimum atomic E-state index is 0.364. The summed E-state index contributed by atoms with van der Waals surface area (Å²) in [4.78, 5) is 8.82. The van der Waals surface area contributed by atoms with Crippen LogP contribution in [-0.4, -0.2) is 9.97 Å². The lowest BCUT2D eigenvalue weighted by Crippen LogP contribution is -1.93. The highest BCUT2D eigenvalue weighted by molar-refractivity contribution is 7.20. The summed E-state index contributed by atoms with van der Waals surface area (Å²) in [7, 11) is 0. The molecule has 0 radical (unpaired) electrons. The van der Waals surface area contributed by atoms with Crippen LogP contribution in [0.5, 0.6) is 0 Å². The molecule has 0 bridgehead atoms. The van der Waals surface area contributed by atoms with Crippen LogP contribution in [0.4, 0.5) is 0 Å². The Morgan fingerprint density at radius 2 is 1.80 bits per heavy atom. The smallest absolute Gasteiger partial charge is 0.163 e. The van der Waals surface area contributed by atoms with E-state index in [0.717, 1.165) is 10.9 Å². The summed E-state index contributed by atoms with van der Waals surface area (Å²) >= 11 is 25.7. The van der Waals surface area contributed by atoms with E-state index in [2.05, 4.69) is 9.97 Å². The van der Waals surface area contributed by atoms with E-state index in [1.807, 2.05) is 6.92 Å². The maximum absolute atomic E-state index is 6.23. The molecule has 0 saturated heterocycles. The molecule has 2 aromatic heterocycles. The molecule has 0 spiro atoms. The van der Waals surface area contributed by atoms with Crippen molar-refractivity contribution in [1.29, 1.82) is 0 Å². The van der Waals surface area contributed by atoms with Gasteiger partial charge < -0.3 is 0 Å². The second kappa shape index (κ2) is 5.32. The third-order valence-electron chi connectivity index (χ3n) is 2.91. The SMILES string of the molecule is Cc1c(Cl)ccc2c(Cl)nc(-c3cc(Cl)sc3Cl)nc12. The Hall–Kier alpha value is -0.580. The van der Waals surface area contributed by atoms with Gasteiger partial charge in [0.2, 0.25) is 0 Å². The van der Waals surface area contributed by atoms with Crippen LogP contribution in [-0.2, 0) is 0 Å². The van der Waals surface area contributed by atoms with E-state index in [4.69, 9.17) is 46.4 Å². The second-order valence-electron chi connectivity index (χ2n) is 4.14. The van der Waals surface area contributed by atoms with Crippen LogP contribution >= 0.6 is 57.7 Å². The molecule has 0 fully saturated rings. The molecule has 2 nitrogen and oxygen atoms in total. The Morgan fingerprint density at radius 1 is 1.05 bits per heavy atom. The number of rotatable bonds is 1. The van der Waals surface area contributed by atoms with Crippen LogP contribution in [0.3, 0.4) is 0 Å². The van der Waals surface area contributed by atoms with Crippen LogP contribution in [0.15, 0.2) is 18.2 Å². The molecule has 0 saturated carbocycles. The Labute approximate surface area is 139 Å². The lowest BCUT2D eigenvalue weighted by atomic mass is 10.1. The van der Waals surface area contributed by atoms with Crippen LogP contribution < -0.4 is 0 Å². The minimum Gasteiger partial charge on any atom is -0.227 e. The number of benzene rings is 1. The van der Waals surface area contributed by atoms with E-state index in [1.165, 1.54) is 11.3 Å². The number of halogens is 4. The number of thiophene rings is 1. The Kier molecular flexibility index (Phi) is 3.82. The summed E-state index contributed by atoms with van der Waals surface area (Å²) in [6.45, 7) is 1.89. The first kappa shape index (κ1) is 14.4. The molecule has 3 aromatic rings. The van der Waals surface area contributed by atoms with E-state index in [-0.39, 0.29) is 0 Å². The molecule has 0 aliphatic rings. The molecule has 7 heteroatoms. The number of aryl methyl sites for hydroxylation is 1. The molecule has 0 aliphatic heterocycles. The predicted octanol–water partition coefficient (Wildman–Crippen LogP) is 6.28. The maximum atomic E-state index is 6.23. The van der Waals surface area contributed by atoms with E-state index in [9.17, 15) is 0 Å². The summed E-state index contributed by atoms with van der Waals surface area (Å²) in [6, 6.07) is 5.31. The van der Waals surface area contributed by atoms with Crippen molar-refractivity contribution in [3.8, 4) is 11.4 Å². The number of fused-ring (bicyclic) bond motifs is 1. The molecule has 0 amide bonds. The van der Waals surface area contributed by atoms with Crippen LogP contribution in [0.2, 0.25) is 18.8 Å². The predicted molar refractivity (Wildman–Crippen MR) is 87.6 cm³/mol. The lowest BCUT2D eigenvalue weighted by molar-refractivity contribution is 1.22. The van der Waals surface area contributed by atoms with Crippen LogP contribution in [0.1, 0.15) is 5.56 Å². The molecule has 0 unspecified atom stereocenters. The van der Waals surface area contributed by atoms with Crippen molar-refractivity contribution < 1.29 is 0 Å². The number of hydrogen-bond donors (Lipinski definition) is 0. The number of nitrogens with zero attached hydrogens (tertiary/aromatic N) is 2. The Balaban J connectivity index is 2.34. The Bertz CT molecular complexity index is 829. The molecule has 20 heavy (non-hydrogen) atoms. The molecular formula is C13H6Cl4N2S. The average molecular weight is 364 g/mol. The summed E-state index contributed by atoms with van der Waals surface area (Å²) in [6.07, 6.45) is 0. The fourth-order valence-electron chi connectivity index (χ4n) is 1.88. The van der Waals surface area contributed by atoms with Crippen molar-refractivity contribution in [2.75, 3.05) is 0 Å². The van der Waals surface area contributed by atoms with Gasteiger partial charge in [0.1, 0.15) is 9.49 Å². The van der Waals surface area contributed by atoms with Gasteiger partial charge in [-0.15, -0.1) is 11.3 Å². The lowest BCUT2D eigenvalue weighted by Gasteiger charge is -2.07. The van der Waals surface area contributed by atoms with Gasteiger partial charge in [0.05, 0.1) is 15.4 Å². The van der Waals surface area contributed by atoms with Gasteiger partial charge >= 0.3 is 0 Å². The third-order valence-corrected chi connectivity index (χ3v) is 5.09. The highest BCUT2D eigenvalue weighted by Gasteiger charge is 2.15. The normalized spacial score (nSPS) is 11.2. The molecule has 0 atom stereocenters. The number of hydrogen-bond acceptors (Lipinski definition) is 3. The van der Waals surface area contributed by atoms with Crippen molar-refractivity contribution in [3.05, 3.63) is 42.6 Å². The molecule has 3 rings (SSSR count). The quantitative estimate of drug-likeness (QED) is 0.475. The average Bonchev–Trinajstić information content (AvgIpc) is 2.73. The fraction of sp³-hybridized carbons (Fsp3) is 0.0769. The van der Waals surface area contributed by atoms with Gasteiger partial charge in [-0.2, -0.15) is 0 Å². The number of aromatic nitrogens is 2. The highest BCUT2D eigenvalue weighted by atomic mass is 35.5. The first-order valence-corrected chi connectivity index (χ1v) is 7.87. The molecule has 0 N–H and O–H groups in total. The van der Waals surface area contributed by atoms with Crippen molar-refractivity contribution in [2.45, 2.75) is 6.92 Å². The van der Waals surface area contributed by atoms with E-state index in [1.54, 1.807) is 18.2 Å². The van der Waals surface area contributed by atoms with Crippen LogP contribution in [0, 0.1) is 6.92 Å². The van der Waals surface area contributed by atoms with Crippen molar-refractivity contribution in [3.63, 3.8) is 0 Å². The largest absolute Gasteiger partial charge is 0.227 e. The highest BCUT2D eigenvalue weighted by Crippen LogP contribution is 2.38. The minimum absolute atomic E-state index is 0.364. The molecule has 0 aliphatic carbocycles. The van der Waals surface area contributed by atoms with Gasteiger partial charge in [0.25, 0.3) is 0 Å². The van der Waals surface area contributed by atoms with Gasteiger partial charge in [0.15, 0.2) is 5.82 Å². The van der Waals surface area contributed by atoms with Crippen molar-refractivity contribution >= 4 is 68.6 Å². The van der Waals surface area contributed by atoms with Crippen molar-refractivity contribution in [2.24, 2.45) is 0 Å². The topological polar surface area (TPSA) is 25.8 Å². The van der Waals surface area contributed by atoms with Crippen LogP contribution in [0.25, 0.3) is 22.3 Å². The summed E-state index contributed by atoms with van der Waals surface area (Å²) in [5.74, 6) is 0.445. The second-order valence-corrected chi connectivity index (χ2v) is 7.20. The first-order valence-electron chi connectivity index (χ1n) is 5.55.